The third kappa shape index (κ3) is 4.33. The van der Waals surface area contributed by atoms with Crippen molar-refractivity contribution in [2.75, 3.05) is 6.26 Å². The second-order valence-corrected chi connectivity index (χ2v) is 6.37. The van der Waals surface area contributed by atoms with E-state index in [-0.39, 0.29) is 12.2 Å². The molecule has 0 saturated heterocycles. The molecule has 1 N–H and O–H groups in total. The Morgan fingerprint density at radius 2 is 1.95 bits per heavy atom. The van der Waals surface area contributed by atoms with Gasteiger partial charge in [-0.2, -0.15) is 8.78 Å². The minimum atomic E-state index is -3.48. The zero-order chi connectivity index (χ0) is 15.5. The summed E-state index contributed by atoms with van der Waals surface area (Å²) in [4.78, 5) is 3.88. The van der Waals surface area contributed by atoms with Crippen molar-refractivity contribution in [3.05, 3.63) is 54.1 Å². The first-order valence-electron chi connectivity index (χ1n) is 6.19. The van der Waals surface area contributed by atoms with Crippen molar-refractivity contribution in [3.8, 4) is 0 Å². The average Bonchev–Trinajstić information content (AvgIpc) is 2.86. The summed E-state index contributed by atoms with van der Waals surface area (Å²) in [6.45, 7) is -2.71. The molecule has 5 nitrogen and oxygen atoms in total. The second kappa shape index (κ2) is 6.31. The molecular weight excluding hydrogens is 300 g/mol. The first-order chi connectivity index (χ1) is 9.87. The fraction of sp³-hybridized carbons (Fsp3) is 0.308. The molecule has 0 aliphatic carbocycles. The van der Waals surface area contributed by atoms with Crippen molar-refractivity contribution < 1.29 is 17.2 Å². The van der Waals surface area contributed by atoms with Crippen LogP contribution >= 0.6 is 0 Å². The SMILES string of the molecule is CS(=O)(=O)N[C@H](Cc1nccn1C(F)F)c1ccccc1. The number of nitrogens with zero attached hydrogens (tertiary/aromatic N) is 2. The van der Waals surface area contributed by atoms with Gasteiger partial charge in [-0.3, -0.25) is 4.57 Å². The summed E-state index contributed by atoms with van der Waals surface area (Å²) in [5.41, 5.74) is 0.687. The van der Waals surface area contributed by atoms with Crippen molar-refractivity contribution in [2.45, 2.75) is 19.0 Å². The van der Waals surface area contributed by atoms with Crippen molar-refractivity contribution >= 4 is 10.0 Å². The van der Waals surface area contributed by atoms with Crippen LogP contribution in [0.3, 0.4) is 0 Å². The molecule has 0 radical (unpaired) electrons. The van der Waals surface area contributed by atoms with Gasteiger partial charge in [0, 0.05) is 18.8 Å². The Kier molecular flexibility index (Phi) is 4.69. The van der Waals surface area contributed by atoms with Gasteiger partial charge in [0.05, 0.1) is 12.3 Å². The monoisotopic (exact) mass is 315 g/mol. The van der Waals surface area contributed by atoms with E-state index in [0.717, 1.165) is 10.8 Å². The Morgan fingerprint density at radius 1 is 1.29 bits per heavy atom. The Labute approximate surface area is 121 Å². The van der Waals surface area contributed by atoms with E-state index in [2.05, 4.69) is 9.71 Å². The lowest BCUT2D eigenvalue weighted by Crippen LogP contribution is -2.29. The number of sulfonamides is 1. The van der Waals surface area contributed by atoms with Crippen LogP contribution in [-0.2, 0) is 16.4 Å². The standard InChI is InChI=1S/C13H15F2N3O2S/c1-21(19,20)17-11(10-5-3-2-4-6-10)9-12-16-7-8-18(12)13(14)15/h2-8,11,13,17H,9H2,1H3/t11-/m1/s1. The summed E-state index contributed by atoms with van der Waals surface area (Å²) >= 11 is 0. The van der Waals surface area contributed by atoms with Crippen LogP contribution in [0.2, 0.25) is 0 Å². The van der Waals surface area contributed by atoms with E-state index in [1.54, 1.807) is 30.3 Å². The highest BCUT2D eigenvalue weighted by atomic mass is 32.2. The largest absolute Gasteiger partial charge is 0.319 e. The van der Waals surface area contributed by atoms with Crippen LogP contribution in [-0.4, -0.2) is 24.2 Å². The molecule has 0 bridgehead atoms. The molecule has 0 aliphatic heterocycles. The predicted molar refractivity (Wildman–Crippen MR) is 74.3 cm³/mol. The molecule has 2 rings (SSSR count). The van der Waals surface area contributed by atoms with E-state index >= 15 is 0 Å². The van der Waals surface area contributed by atoms with E-state index in [1.807, 2.05) is 0 Å². The van der Waals surface area contributed by atoms with Gasteiger partial charge in [0.2, 0.25) is 10.0 Å². The molecular formula is C13H15F2N3O2S. The van der Waals surface area contributed by atoms with Gasteiger partial charge in [-0.1, -0.05) is 30.3 Å². The fourth-order valence-corrected chi connectivity index (χ4v) is 2.77. The van der Waals surface area contributed by atoms with Crippen molar-refractivity contribution in [2.24, 2.45) is 0 Å². The number of imidazole rings is 1. The Balaban J connectivity index is 2.30. The third-order valence-electron chi connectivity index (χ3n) is 2.90. The molecule has 0 aliphatic rings. The van der Waals surface area contributed by atoms with Crippen LogP contribution in [0.5, 0.6) is 0 Å². The average molecular weight is 315 g/mol. The van der Waals surface area contributed by atoms with Crippen LogP contribution in [0, 0.1) is 0 Å². The Morgan fingerprint density at radius 3 is 2.52 bits per heavy atom. The normalized spacial score (nSPS) is 13.5. The van der Waals surface area contributed by atoms with Crippen molar-refractivity contribution in [3.63, 3.8) is 0 Å². The van der Waals surface area contributed by atoms with E-state index in [0.29, 0.717) is 5.56 Å². The molecule has 0 saturated carbocycles. The van der Waals surface area contributed by atoms with Crippen LogP contribution in [0.25, 0.3) is 0 Å². The van der Waals surface area contributed by atoms with Gasteiger partial charge in [-0.25, -0.2) is 18.1 Å². The molecule has 1 aromatic carbocycles. The van der Waals surface area contributed by atoms with Gasteiger partial charge in [0.15, 0.2) is 0 Å². The molecule has 21 heavy (non-hydrogen) atoms. The summed E-state index contributed by atoms with van der Waals surface area (Å²) in [7, 11) is -3.48. The summed E-state index contributed by atoms with van der Waals surface area (Å²) < 4.78 is 51.8. The van der Waals surface area contributed by atoms with Crippen LogP contribution in [0.15, 0.2) is 42.7 Å². The molecule has 0 unspecified atom stereocenters. The maximum atomic E-state index is 12.8. The highest BCUT2D eigenvalue weighted by molar-refractivity contribution is 7.88. The molecule has 114 valence electrons. The first-order valence-corrected chi connectivity index (χ1v) is 8.08. The number of nitrogens with one attached hydrogen (secondary N) is 1. The number of rotatable bonds is 6. The molecule has 0 fully saturated rings. The first kappa shape index (κ1) is 15.6. The van der Waals surface area contributed by atoms with Gasteiger partial charge in [-0.15, -0.1) is 0 Å². The number of alkyl halides is 2. The van der Waals surface area contributed by atoms with E-state index < -0.39 is 22.6 Å². The maximum absolute atomic E-state index is 12.8. The molecule has 1 heterocycles. The van der Waals surface area contributed by atoms with Gasteiger partial charge < -0.3 is 0 Å². The molecule has 0 amide bonds. The lowest BCUT2D eigenvalue weighted by molar-refractivity contribution is 0.0667. The summed E-state index contributed by atoms with van der Waals surface area (Å²) in [6, 6.07) is 8.12. The fourth-order valence-electron chi connectivity index (χ4n) is 2.03. The van der Waals surface area contributed by atoms with Crippen LogP contribution in [0.1, 0.15) is 24.0 Å². The van der Waals surface area contributed by atoms with Gasteiger partial charge >= 0.3 is 6.55 Å². The quantitative estimate of drug-likeness (QED) is 0.888. The Bertz CT molecular complexity index is 686. The highest BCUT2D eigenvalue weighted by Gasteiger charge is 2.20. The number of aromatic nitrogens is 2. The lowest BCUT2D eigenvalue weighted by Gasteiger charge is -2.18. The number of halogens is 2. The number of hydrogen-bond donors (Lipinski definition) is 1. The van der Waals surface area contributed by atoms with Crippen molar-refractivity contribution in [1.82, 2.24) is 14.3 Å². The van der Waals surface area contributed by atoms with E-state index in [9.17, 15) is 17.2 Å². The topological polar surface area (TPSA) is 64.0 Å². The predicted octanol–water partition coefficient (Wildman–Crippen LogP) is 2.11. The Hall–Kier alpha value is -1.80. The minimum Gasteiger partial charge on any atom is -0.278 e. The molecule has 1 atom stereocenters. The van der Waals surface area contributed by atoms with Gasteiger partial charge in [-0.05, 0) is 5.56 Å². The summed E-state index contributed by atoms with van der Waals surface area (Å²) in [5, 5.41) is 0. The molecule has 0 spiro atoms. The number of benzene rings is 1. The third-order valence-corrected chi connectivity index (χ3v) is 3.62. The summed E-state index contributed by atoms with van der Waals surface area (Å²) in [5.74, 6) is 0.120. The maximum Gasteiger partial charge on any atom is 0.319 e. The summed E-state index contributed by atoms with van der Waals surface area (Å²) in [6.07, 6.45) is 3.50. The van der Waals surface area contributed by atoms with Gasteiger partial charge in [0.25, 0.3) is 0 Å². The molecule has 2 aromatic rings. The molecule has 8 heteroatoms. The van der Waals surface area contributed by atoms with Crippen LogP contribution < -0.4 is 4.72 Å². The van der Waals surface area contributed by atoms with E-state index in [1.165, 1.54) is 12.4 Å². The zero-order valence-electron chi connectivity index (χ0n) is 11.3. The lowest BCUT2D eigenvalue weighted by atomic mass is 10.0. The molecule has 1 aromatic heterocycles. The minimum absolute atomic E-state index is 0.0361. The van der Waals surface area contributed by atoms with Gasteiger partial charge in [0.1, 0.15) is 5.82 Å². The zero-order valence-corrected chi connectivity index (χ0v) is 12.1. The van der Waals surface area contributed by atoms with Crippen LogP contribution in [0.4, 0.5) is 8.78 Å². The number of hydrogen-bond acceptors (Lipinski definition) is 3. The van der Waals surface area contributed by atoms with E-state index in [4.69, 9.17) is 0 Å². The highest BCUT2D eigenvalue weighted by Crippen LogP contribution is 2.21. The second-order valence-electron chi connectivity index (χ2n) is 4.59. The smallest absolute Gasteiger partial charge is 0.278 e. The van der Waals surface area contributed by atoms with Crippen molar-refractivity contribution in [1.29, 1.82) is 0 Å².